The highest BCUT2D eigenvalue weighted by molar-refractivity contribution is 5.89. The van der Waals surface area contributed by atoms with Gasteiger partial charge in [0.1, 0.15) is 7.45 Å². The molecule has 4 fully saturated rings. The molecule has 4 rings (SSSR count). The molecule has 4 saturated carbocycles. The third-order valence-corrected chi connectivity index (χ3v) is 6.16. The number of nitrogens with two attached hydrogens (primary N) is 2. The number of rotatable bonds is 8. The second kappa shape index (κ2) is 6.94. The lowest BCUT2D eigenvalue weighted by molar-refractivity contribution is -0.130. The van der Waals surface area contributed by atoms with E-state index in [0.29, 0.717) is 0 Å². The van der Waals surface area contributed by atoms with Crippen molar-refractivity contribution in [3.05, 3.63) is 0 Å². The molecule has 7 nitrogen and oxygen atoms in total. The van der Waals surface area contributed by atoms with Gasteiger partial charge in [-0.2, -0.15) is 0 Å². The van der Waals surface area contributed by atoms with E-state index in [2.05, 4.69) is 16.4 Å². The van der Waals surface area contributed by atoms with Crippen LogP contribution in [0.15, 0.2) is 0 Å². The second-order valence-corrected chi connectivity index (χ2v) is 8.47. The molecule has 0 aromatic carbocycles. The molecule has 0 aromatic heterocycles. The molecule has 0 radical (unpaired) electrons. The molecule has 0 spiro atoms. The minimum atomic E-state index is -0.902. The first kappa shape index (κ1) is 16.8. The molecule has 7 heteroatoms. The summed E-state index contributed by atoms with van der Waals surface area (Å²) in [4.78, 5) is 35.9. The summed E-state index contributed by atoms with van der Waals surface area (Å²) in [5, 5.41) is 5.77. The van der Waals surface area contributed by atoms with Crippen LogP contribution in [-0.4, -0.2) is 35.3 Å². The van der Waals surface area contributed by atoms with Crippen molar-refractivity contribution < 1.29 is 15.8 Å². The number of carbonyl (C=O) groups excluding carboxylic acids is 3. The molecule has 4 bridgehead atoms. The summed E-state index contributed by atoms with van der Waals surface area (Å²) in [6.45, 7) is 1.51. The van der Waals surface area contributed by atoms with Crippen molar-refractivity contribution in [2.45, 2.75) is 75.9 Å². The Labute approximate surface area is 150 Å². The lowest BCUT2D eigenvalue weighted by atomic mass is 9.53. The number of hydrogen-bond donors (Lipinski definition) is 4. The van der Waals surface area contributed by atoms with E-state index in [1.807, 2.05) is 0 Å². The largest absolute Gasteiger partial charge is 0.368 e. The zero-order valence-corrected chi connectivity index (χ0v) is 14.8. The maximum atomic E-state index is 12.5. The molecule has 0 aliphatic heterocycles. The predicted octanol–water partition coefficient (Wildman–Crippen LogP) is 0.169. The standard InChI is InChI=1S/C18H30N4O3/c1-10(19)17(25)21-14(16(20)24)2-3-15(23)22-18-7-11-4-12(8-18)6-13(5-11)9-18/h10-14H,2-9,19H2,1H3,(H2,20,24)(H,21,25)(H,22,23)/t10-,11?,12?,13?,14-,18?/m0/s1/i/hD. The zero-order chi connectivity index (χ0) is 18.9. The van der Waals surface area contributed by atoms with Crippen molar-refractivity contribution in [2.75, 3.05) is 0 Å². The van der Waals surface area contributed by atoms with E-state index in [1.165, 1.54) is 26.2 Å². The van der Waals surface area contributed by atoms with Gasteiger partial charge in [0, 0.05) is 12.0 Å². The molecule has 0 unspecified atom stereocenters. The van der Waals surface area contributed by atoms with Gasteiger partial charge in [-0.3, -0.25) is 14.4 Å². The van der Waals surface area contributed by atoms with Gasteiger partial charge in [0.25, 0.3) is 0 Å². The van der Waals surface area contributed by atoms with Gasteiger partial charge in [0.2, 0.25) is 17.7 Å². The summed E-state index contributed by atoms with van der Waals surface area (Å²) in [5.41, 5.74) is 7.36. The molecule has 2 atom stereocenters. The Kier molecular flexibility index (Phi) is 4.67. The average molecular weight is 351 g/mol. The minimum absolute atomic E-state index is 0.0546. The van der Waals surface area contributed by atoms with Crippen molar-refractivity contribution in [3.63, 3.8) is 0 Å². The normalized spacial score (nSPS) is 35.6. The quantitative estimate of drug-likeness (QED) is 0.497. The summed E-state index contributed by atoms with van der Waals surface area (Å²) >= 11 is 0. The predicted molar refractivity (Wildman–Crippen MR) is 93.1 cm³/mol. The van der Waals surface area contributed by atoms with Crippen LogP contribution in [-0.2, 0) is 14.4 Å². The number of nitrogens with one attached hydrogen (secondary N) is 2. The van der Waals surface area contributed by atoms with E-state index < -0.39 is 23.9 Å². The molecule has 4 aliphatic rings. The van der Waals surface area contributed by atoms with Gasteiger partial charge in [0.05, 0.1) is 6.04 Å². The van der Waals surface area contributed by atoms with Crippen LogP contribution in [0.5, 0.6) is 0 Å². The Morgan fingerprint density at radius 3 is 2.20 bits per heavy atom. The summed E-state index contributed by atoms with van der Waals surface area (Å²) in [6, 6.07) is -1.65. The molecule has 3 amide bonds. The van der Waals surface area contributed by atoms with Crippen LogP contribution < -0.4 is 22.1 Å². The van der Waals surface area contributed by atoms with Crippen molar-refractivity contribution >= 4 is 17.7 Å². The third kappa shape index (κ3) is 4.14. The zero-order valence-electron chi connectivity index (χ0n) is 15.8. The Hall–Kier alpha value is -1.63. The molecule has 140 valence electrons. The highest BCUT2D eigenvalue weighted by Gasteiger charge is 2.51. The molecule has 0 heterocycles. The first-order chi connectivity index (χ1) is 12.3. The fraction of sp³-hybridized carbons (Fsp3) is 0.833. The number of primary amides is 1. The van der Waals surface area contributed by atoms with Crippen LogP contribution >= 0.6 is 0 Å². The minimum Gasteiger partial charge on any atom is -0.368 e. The van der Waals surface area contributed by atoms with E-state index in [1.54, 1.807) is 0 Å². The number of amides is 3. The van der Waals surface area contributed by atoms with Gasteiger partial charge >= 0.3 is 0 Å². The third-order valence-electron chi connectivity index (χ3n) is 6.16. The highest BCUT2D eigenvalue weighted by Crippen LogP contribution is 2.55. The first-order valence-corrected chi connectivity index (χ1v) is 9.38. The maximum Gasteiger partial charge on any atom is 0.240 e. The average Bonchev–Trinajstić information content (AvgIpc) is 2.55. The van der Waals surface area contributed by atoms with Crippen LogP contribution in [0, 0.1) is 17.8 Å². The molecular weight excluding hydrogens is 320 g/mol. The van der Waals surface area contributed by atoms with Gasteiger partial charge in [-0.1, -0.05) is 0 Å². The molecular formula is C18H30N4O3. The Balaban J connectivity index is 1.51. The number of hydrogen-bond acceptors (Lipinski definition) is 4. The van der Waals surface area contributed by atoms with Crippen LogP contribution in [0.4, 0.5) is 0 Å². The summed E-state index contributed by atoms with van der Waals surface area (Å²) < 4.78 is 7.00. The monoisotopic (exact) mass is 351 g/mol. The summed E-state index contributed by atoms with van der Waals surface area (Å²) in [5.74, 6) is 1.02. The maximum absolute atomic E-state index is 12.5. The highest BCUT2D eigenvalue weighted by atomic mass is 16.2. The SMILES string of the molecule is [2H]N[C@@H](C)C(=O)N[C@@H](CCC(=O)NC12CC3CC(CC(C3)C1)C2)C(N)=O. The van der Waals surface area contributed by atoms with Crippen molar-refractivity contribution in [1.29, 1.82) is 0 Å². The smallest absolute Gasteiger partial charge is 0.240 e. The van der Waals surface area contributed by atoms with Gasteiger partial charge in [-0.25, -0.2) is 0 Å². The van der Waals surface area contributed by atoms with Gasteiger partial charge in [-0.15, -0.1) is 0 Å². The van der Waals surface area contributed by atoms with Gasteiger partial charge in [0.15, 0.2) is 0 Å². The van der Waals surface area contributed by atoms with E-state index in [0.717, 1.165) is 37.0 Å². The van der Waals surface area contributed by atoms with E-state index in [4.69, 9.17) is 7.15 Å². The van der Waals surface area contributed by atoms with Crippen molar-refractivity contribution in [3.8, 4) is 0 Å². The Morgan fingerprint density at radius 1 is 1.16 bits per heavy atom. The fourth-order valence-electron chi connectivity index (χ4n) is 5.48. The van der Waals surface area contributed by atoms with Crippen LogP contribution in [0.3, 0.4) is 0 Å². The van der Waals surface area contributed by atoms with Gasteiger partial charge < -0.3 is 22.1 Å². The van der Waals surface area contributed by atoms with Crippen LogP contribution in [0.2, 0.25) is 1.41 Å². The topological polar surface area (TPSA) is 127 Å². The van der Waals surface area contributed by atoms with E-state index in [9.17, 15) is 14.4 Å². The van der Waals surface area contributed by atoms with Crippen LogP contribution in [0.1, 0.15) is 58.3 Å². The second-order valence-electron chi connectivity index (χ2n) is 8.47. The van der Waals surface area contributed by atoms with Gasteiger partial charge in [-0.05, 0) is 69.6 Å². The fourth-order valence-corrected chi connectivity index (χ4v) is 5.48. The molecule has 6 N–H and O–H groups in total. The summed E-state index contributed by atoms with van der Waals surface area (Å²) in [7, 11) is 0. The van der Waals surface area contributed by atoms with Crippen molar-refractivity contribution in [1.82, 2.24) is 10.6 Å². The number of carbonyl (C=O) groups is 3. The Morgan fingerprint density at radius 2 is 1.72 bits per heavy atom. The van der Waals surface area contributed by atoms with Crippen LogP contribution in [0.25, 0.3) is 0 Å². The lowest BCUT2D eigenvalue weighted by Crippen LogP contribution is -2.60. The summed E-state index contributed by atoms with van der Waals surface area (Å²) in [6.07, 6.45) is 7.49. The molecule has 0 aromatic rings. The molecule has 25 heavy (non-hydrogen) atoms. The van der Waals surface area contributed by atoms with E-state index >= 15 is 0 Å². The first-order valence-electron chi connectivity index (χ1n) is 9.88. The molecule has 4 aliphatic carbocycles. The lowest BCUT2D eigenvalue weighted by Gasteiger charge is -2.57. The Bertz CT molecular complexity index is 547. The van der Waals surface area contributed by atoms with E-state index in [-0.39, 0.29) is 24.3 Å². The molecule has 0 saturated heterocycles. The van der Waals surface area contributed by atoms with Crippen molar-refractivity contribution in [2.24, 2.45) is 29.2 Å².